The molecule has 0 unspecified atom stereocenters. The number of hydrogen-bond acceptors (Lipinski definition) is 8. The van der Waals surface area contributed by atoms with Gasteiger partial charge in [-0.05, 0) is 38.5 Å². The van der Waals surface area contributed by atoms with Crippen molar-refractivity contribution in [2.45, 2.75) is 98.9 Å². The molecule has 0 bridgehead atoms. The van der Waals surface area contributed by atoms with Crippen molar-refractivity contribution in [1.29, 1.82) is 0 Å². The minimum atomic E-state index is -1.16. The van der Waals surface area contributed by atoms with E-state index in [1.807, 2.05) is 41.5 Å². The average Bonchev–Trinajstić information content (AvgIpc) is 3.36. The second kappa shape index (κ2) is 15.5. The number of aromatic carboxylic acids is 1. The van der Waals surface area contributed by atoms with E-state index in [-0.39, 0.29) is 59.3 Å². The van der Waals surface area contributed by atoms with E-state index >= 15 is 0 Å². The van der Waals surface area contributed by atoms with Crippen LogP contribution in [0.25, 0.3) is 0 Å². The fraction of sp³-hybridized carbons (Fsp3) is 0.759. The van der Waals surface area contributed by atoms with Crippen LogP contribution in [0.2, 0.25) is 0 Å². The zero-order chi connectivity index (χ0) is 31.8. The van der Waals surface area contributed by atoms with Crippen LogP contribution in [0, 0.1) is 23.7 Å². The molecule has 1 rings (SSSR count). The van der Waals surface area contributed by atoms with Crippen molar-refractivity contribution in [2.75, 3.05) is 20.6 Å². The van der Waals surface area contributed by atoms with Gasteiger partial charge in [0.2, 0.25) is 11.8 Å². The molecule has 1 aromatic heterocycles. The van der Waals surface area contributed by atoms with Crippen molar-refractivity contribution >= 4 is 35.2 Å². The van der Waals surface area contributed by atoms with Crippen LogP contribution in [0.1, 0.15) is 96.8 Å². The van der Waals surface area contributed by atoms with Crippen molar-refractivity contribution in [2.24, 2.45) is 23.7 Å². The molecule has 234 valence electrons. The number of rotatable bonds is 14. The highest BCUT2D eigenvalue weighted by atomic mass is 32.1. The molecule has 0 aliphatic rings. The maximum atomic E-state index is 13.8. The molecule has 5 atom stereocenters. The van der Waals surface area contributed by atoms with Gasteiger partial charge in [0.05, 0.1) is 5.92 Å². The van der Waals surface area contributed by atoms with E-state index in [0.29, 0.717) is 6.42 Å². The number of hydrogen-bond donors (Lipinski definition) is 3. The lowest BCUT2D eigenvalue weighted by molar-refractivity contribution is -0.140. The van der Waals surface area contributed by atoms with Crippen LogP contribution in [0.4, 0.5) is 4.79 Å². The van der Waals surface area contributed by atoms with E-state index in [1.165, 1.54) is 17.3 Å². The molecule has 0 aromatic carbocycles. The zero-order valence-electron chi connectivity index (χ0n) is 26.4. The average molecular weight is 599 g/mol. The zero-order valence-corrected chi connectivity index (χ0v) is 27.2. The normalized spacial score (nSPS) is 15.6. The Morgan fingerprint density at radius 3 is 2.07 bits per heavy atom. The molecule has 0 aliphatic carbocycles. The standard InChI is InChI=1S/C29H50N4O7S/c1-12-18(6)19(14-30-24(35)23(17(4)5)33(11)28(39)40-29(7,8)9)26(36)32(10)21(16(2)3)13-22(34)25-31-20(15-41-25)27(37)38/h15-19,21-23,34H,12-14H2,1-11H3,(H,30,35)(H,37,38)/t18-,19-,21+,22+,23-/m0/s1. The van der Waals surface area contributed by atoms with Gasteiger partial charge in [-0.2, -0.15) is 0 Å². The van der Waals surface area contributed by atoms with Crippen molar-refractivity contribution in [3.63, 3.8) is 0 Å². The van der Waals surface area contributed by atoms with Crippen molar-refractivity contribution in [3.05, 3.63) is 16.1 Å². The van der Waals surface area contributed by atoms with Gasteiger partial charge in [-0.15, -0.1) is 11.3 Å². The van der Waals surface area contributed by atoms with Crippen LogP contribution in [-0.2, 0) is 14.3 Å². The van der Waals surface area contributed by atoms with Crippen LogP contribution in [0.5, 0.6) is 0 Å². The van der Waals surface area contributed by atoms with Gasteiger partial charge >= 0.3 is 12.1 Å². The SMILES string of the molecule is CC[C@H](C)[C@H](CNC(=O)[C@H](C(C)C)N(C)C(=O)OC(C)(C)C)C(=O)N(C)[C@H](C[C@@H](O)c1nc(C(=O)O)cs1)C(C)C. The Balaban J connectivity index is 3.09. The molecular formula is C29H50N4O7S. The number of carboxylic acids is 1. The molecule has 11 nitrogen and oxygen atoms in total. The van der Waals surface area contributed by atoms with Crippen molar-refractivity contribution in [3.8, 4) is 0 Å². The van der Waals surface area contributed by atoms with Gasteiger partial charge in [0, 0.05) is 38.5 Å². The highest BCUT2D eigenvalue weighted by Gasteiger charge is 2.36. The van der Waals surface area contributed by atoms with Crippen LogP contribution in [0.3, 0.4) is 0 Å². The summed E-state index contributed by atoms with van der Waals surface area (Å²) in [7, 11) is 3.22. The first-order chi connectivity index (χ1) is 18.8. The second-order valence-corrected chi connectivity index (χ2v) is 13.3. The third-order valence-electron chi connectivity index (χ3n) is 7.25. The molecule has 12 heteroatoms. The highest BCUT2D eigenvalue weighted by molar-refractivity contribution is 7.09. The number of aromatic nitrogens is 1. The van der Waals surface area contributed by atoms with Crippen molar-refractivity contribution in [1.82, 2.24) is 20.1 Å². The summed E-state index contributed by atoms with van der Waals surface area (Å²) in [5.41, 5.74) is -0.833. The number of nitrogens with zero attached hydrogens (tertiary/aromatic N) is 3. The molecule has 41 heavy (non-hydrogen) atoms. The van der Waals surface area contributed by atoms with E-state index in [9.17, 15) is 24.3 Å². The van der Waals surface area contributed by atoms with Gasteiger partial charge in [0.15, 0.2) is 5.69 Å². The summed E-state index contributed by atoms with van der Waals surface area (Å²) in [5.74, 6) is -2.51. The third kappa shape index (κ3) is 10.6. The maximum absolute atomic E-state index is 13.8. The Labute approximate surface area is 248 Å². The molecule has 0 spiro atoms. The monoisotopic (exact) mass is 598 g/mol. The van der Waals surface area contributed by atoms with Gasteiger partial charge in [-0.25, -0.2) is 14.6 Å². The number of carbonyl (C=O) groups excluding carboxylic acids is 3. The smallest absolute Gasteiger partial charge is 0.410 e. The first kappa shape index (κ1) is 36.3. The number of thiazole rings is 1. The molecule has 0 saturated carbocycles. The van der Waals surface area contributed by atoms with E-state index in [2.05, 4.69) is 10.3 Å². The quantitative estimate of drug-likeness (QED) is 0.285. The van der Waals surface area contributed by atoms with E-state index in [0.717, 1.165) is 11.3 Å². The van der Waals surface area contributed by atoms with Crippen LogP contribution in [-0.4, -0.2) is 87.2 Å². The molecule has 0 saturated heterocycles. The Hall–Kier alpha value is -2.73. The summed E-state index contributed by atoms with van der Waals surface area (Å²) >= 11 is 1.07. The van der Waals surface area contributed by atoms with Gasteiger partial charge in [-0.1, -0.05) is 48.0 Å². The summed E-state index contributed by atoms with van der Waals surface area (Å²) in [5, 5.41) is 24.6. The number of likely N-dealkylation sites (N-methyl/N-ethyl adjacent to an activating group) is 1. The lowest BCUT2D eigenvalue weighted by atomic mass is 9.88. The number of carboxylic acid groups (broad SMARTS) is 1. The second-order valence-electron chi connectivity index (χ2n) is 12.4. The maximum Gasteiger partial charge on any atom is 0.410 e. The Kier molecular flexibility index (Phi) is 13.7. The van der Waals surface area contributed by atoms with Crippen LogP contribution >= 0.6 is 11.3 Å². The van der Waals surface area contributed by atoms with Gasteiger partial charge in [0.25, 0.3) is 0 Å². The summed E-state index contributed by atoms with van der Waals surface area (Å²) < 4.78 is 5.45. The first-order valence-corrected chi connectivity index (χ1v) is 15.1. The minimum absolute atomic E-state index is 0.0162. The molecule has 0 fully saturated rings. The molecule has 1 aromatic rings. The third-order valence-corrected chi connectivity index (χ3v) is 8.19. The number of aliphatic hydroxyl groups is 1. The molecule has 0 aliphatic heterocycles. The lowest BCUT2D eigenvalue weighted by Gasteiger charge is -2.37. The number of amides is 3. The van der Waals surface area contributed by atoms with Gasteiger partial charge < -0.3 is 25.2 Å². The molecule has 0 radical (unpaired) electrons. The van der Waals surface area contributed by atoms with Gasteiger partial charge in [0.1, 0.15) is 22.8 Å². The number of carbonyl (C=O) groups is 4. The Morgan fingerprint density at radius 2 is 1.63 bits per heavy atom. The Bertz CT molecular complexity index is 1040. The summed E-state index contributed by atoms with van der Waals surface area (Å²) in [6.07, 6.45) is -0.748. The van der Waals surface area contributed by atoms with Crippen LogP contribution < -0.4 is 5.32 Å². The number of ether oxygens (including phenoxy) is 1. The number of aliphatic hydroxyl groups excluding tert-OH is 1. The summed E-state index contributed by atoms with van der Waals surface area (Å²) in [4.78, 5) is 58.0. The molecule has 1 heterocycles. The van der Waals surface area contributed by atoms with E-state index in [1.54, 1.807) is 32.7 Å². The van der Waals surface area contributed by atoms with E-state index in [4.69, 9.17) is 9.84 Å². The first-order valence-electron chi connectivity index (χ1n) is 14.2. The number of nitrogens with one attached hydrogen (secondary N) is 1. The largest absolute Gasteiger partial charge is 0.476 e. The highest BCUT2D eigenvalue weighted by Crippen LogP contribution is 2.29. The lowest BCUT2D eigenvalue weighted by Crippen LogP contribution is -2.54. The van der Waals surface area contributed by atoms with Crippen molar-refractivity contribution < 1.29 is 34.1 Å². The summed E-state index contributed by atoms with van der Waals surface area (Å²) in [6.45, 7) is 16.9. The molecule has 3 N–H and O–H groups in total. The predicted molar refractivity (Wildman–Crippen MR) is 159 cm³/mol. The fourth-order valence-electron chi connectivity index (χ4n) is 4.68. The topological polar surface area (TPSA) is 149 Å². The minimum Gasteiger partial charge on any atom is -0.476 e. The van der Waals surface area contributed by atoms with E-state index < -0.39 is 35.7 Å². The van der Waals surface area contributed by atoms with Gasteiger partial charge in [-0.3, -0.25) is 14.5 Å². The fourth-order valence-corrected chi connectivity index (χ4v) is 5.47. The summed E-state index contributed by atoms with van der Waals surface area (Å²) in [6, 6.07) is -1.15. The predicted octanol–water partition coefficient (Wildman–Crippen LogP) is 4.42. The van der Waals surface area contributed by atoms with Crippen LogP contribution in [0.15, 0.2) is 5.38 Å². The molecule has 3 amide bonds. The molecular weight excluding hydrogens is 548 g/mol. The Morgan fingerprint density at radius 1 is 1.05 bits per heavy atom.